The van der Waals surface area contributed by atoms with E-state index in [1.54, 1.807) is 52.9 Å². The van der Waals surface area contributed by atoms with Gasteiger partial charge in [0.05, 0.1) is 23.6 Å². The number of nitriles is 1. The quantitative estimate of drug-likeness (QED) is 0.578. The van der Waals surface area contributed by atoms with Gasteiger partial charge in [0, 0.05) is 23.5 Å². The highest BCUT2D eigenvalue weighted by molar-refractivity contribution is 7.10. The van der Waals surface area contributed by atoms with E-state index in [0.29, 0.717) is 11.4 Å². The third kappa shape index (κ3) is 3.00. The molecule has 0 unspecified atom stereocenters. The number of aromatic amines is 1. The van der Waals surface area contributed by atoms with Crippen LogP contribution in [0, 0.1) is 11.3 Å². The van der Waals surface area contributed by atoms with Gasteiger partial charge in [0.1, 0.15) is 17.9 Å². The van der Waals surface area contributed by atoms with Crippen molar-refractivity contribution >= 4 is 17.0 Å². The molecular weight excluding hydrogens is 334 g/mol. The van der Waals surface area contributed by atoms with E-state index in [-0.39, 0.29) is 6.04 Å². The van der Waals surface area contributed by atoms with Gasteiger partial charge in [0.25, 0.3) is 0 Å². The molecule has 0 aliphatic heterocycles. The maximum Gasteiger partial charge on any atom is 0.171 e. The molecule has 0 aromatic carbocycles. The highest BCUT2D eigenvalue weighted by Crippen LogP contribution is 2.28. The smallest absolute Gasteiger partial charge is 0.171 e. The minimum Gasteiger partial charge on any atom is -0.368 e. The predicted octanol–water partition coefficient (Wildman–Crippen LogP) is 3.13. The lowest BCUT2D eigenvalue weighted by Crippen LogP contribution is -2.12. The molecule has 4 aromatic rings. The summed E-state index contributed by atoms with van der Waals surface area (Å²) in [5.41, 5.74) is 1.28. The van der Waals surface area contributed by atoms with Crippen LogP contribution in [0.2, 0.25) is 0 Å². The van der Waals surface area contributed by atoms with Gasteiger partial charge in [-0.3, -0.25) is 0 Å². The first-order valence-electron chi connectivity index (χ1n) is 7.54. The molecular formula is C17H13N7S. The molecule has 0 saturated heterocycles. The van der Waals surface area contributed by atoms with Gasteiger partial charge in [-0.2, -0.15) is 10.4 Å². The topological polar surface area (TPSA) is 95.2 Å². The molecule has 4 aromatic heterocycles. The molecule has 8 heteroatoms. The van der Waals surface area contributed by atoms with Gasteiger partial charge < -0.3 is 10.3 Å². The fraction of sp³-hybridized carbons (Fsp3) is 0.0588. The molecule has 0 fully saturated rings. The lowest BCUT2D eigenvalue weighted by atomic mass is 10.2. The van der Waals surface area contributed by atoms with Crippen molar-refractivity contribution in [3.63, 3.8) is 0 Å². The van der Waals surface area contributed by atoms with Crippen LogP contribution in [0.1, 0.15) is 22.3 Å². The first-order chi connectivity index (χ1) is 12.3. The van der Waals surface area contributed by atoms with Crippen molar-refractivity contribution in [1.29, 1.82) is 5.26 Å². The predicted molar refractivity (Wildman–Crippen MR) is 94.4 cm³/mol. The minimum absolute atomic E-state index is 0.105. The van der Waals surface area contributed by atoms with Crippen LogP contribution >= 0.6 is 11.3 Å². The molecule has 0 saturated carbocycles. The van der Waals surface area contributed by atoms with Crippen molar-refractivity contribution in [2.45, 2.75) is 6.04 Å². The maximum atomic E-state index is 9.22. The number of hydrogen-bond donors (Lipinski definition) is 2. The van der Waals surface area contributed by atoms with E-state index < -0.39 is 0 Å². The number of rotatable bonds is 5. The summed E-state index contributed by atoms with van der Waals surface area (Å²) in [6, 6.07) is 9.54. The molecule has 1 atom stereocenters. The summed E-state index contributed by atoms with van der Waals surface area (Å²) in [6.07, 6.45) is 8.69. The van der Waals surface area contributed by atoms with Crippen LogP contribution < -0.4 is 5.32 Å². The maximum absolute atomic E-state index is 9.22. The van der Waals surface area contributed by atoms with Crippen molar-refractivity contribution in [2.24, 2.45) is 0 Å². The molecule has 4 rings (SSSR count). The zero-order valence-corrected chi connectivity index (χ0v) is 13.8. The summed E-state index contributed by atoms with van der Waals surface area (Å²) in [7, 11) is 0. The van der Waals surface area contributed by atoms with Gasteiger partial charge in [-0.15, -0.1) is 11.3 Å². The summed E-state index contributed by atoms with van der Waals surface area (Å²) >= 11 is 1.65. The van der Waals surface area contributed by atoms with Gasteiger partial charge >= 0.3 is 0 Å². The largest absolute Gasteiger partial charge is 0.368 e. The van der Waals surface area contributed by atoms with Gasteiger partial charge in [-0.05, 0) is 23.6 Å². The van der Waals surface area contributed by atoms with E-state index in [0.717, 1.165) is 16.4 Å². The molecule has 25 heavy (non-hydrogen) atoms. The van der Waals surface area contributed by atoms with Crippen LogP contribution in [0.25, 0.3) is 5.82 Å². The molecule has 2 N–H and O–H groups in total. The Morgan fingerprint density at radius 2 is 2.20 bits per heavy atom. The lowest BCUT2D eigenvalue weighted by Gasteiger charge is -2.15. The Balaban J connectivity index is 1.65. The van der Waals surface area contributed by atoms with Gasteiger partial charge in [-0.25, -0.2) is 14.6 Å². The monoisotopic (exact) mass is 347 g/mol. The van der Waals surface area contributed by atoms with Crippen LogP contribution in [-0.2, 0) is 0 Å². The second-order valence-corrected chi connectivity index (χ2v) is 6.21. The number of aromatic nitrogens is 5. The van der Waals surface area contributed by atoms with Gasteiger partial charge in [0.15, 0.2) is 5.82 Å². The number of nitrogens with zero attached hydrogens (tertiary/aromatic N) is 5. The summed E-state index contributed by atoms with van der Waals surface area (Å²) in [5.74, 6) is 1.33. The Labute approximate surface area is 147 Å². The van der Waals surface area contributed by atoms with E-state index in [1.165, 1.54) is 0 Å². The van der Waals surface area contributed by atoms with Crippen molar-refractivity contribution in [3.05, 3.63) is 76.9 Å². The molecule has 0 radical (unpaired) electrons. The van der Waals surface area contributed by atoms with Crippen molar-refractivity contribution in [3.8, 4) is 11.9 Å². The molecule has 7 nitrogen and oxygen atoms in total. The number of H-pyrrole nitrogens is 1. The second kappa shape index (κ2) is 6.59. The van der Waals surface area contributed by atoms with E-state index in [4.69, 9.17) is 0 Å². The SMILES string of the molecule is N#Cc1cccnc1-n1cc(N[C@@H](c2ncc[nH]2)c2cccs2)cn1. The average molecular weight is 347 g/mol. The summed E-state index contributed by atoms with van der Waals surface area (Å²) in [6.45, 7) is 0. The normalized spacial score (nSPS) is 11.8. The molecule has 0 amide bonds. The van der Waals surface area contributed by atoms with Crippen LogP contribution in [0.5, 0.6) is 0 Å². The van der Waals surface area contributed by atoms with Crippen LogP contribution in [-0.4, -0.2) is 24.7 Å². The van der Waals surface area contributed by atoms with Crippen LogP contribution in [0.4, 0.5) is 5.69 Å². The summed E-state index contributed by atoms with van der Waals surface area (Å²) in [4.78, 5) is 12.9. The number of pyridine rings is 1. The fourth-order valence-electron chi connectivity index (χ4n) is 2.51. The van der Waals surface area contributed by atoms with E-state index in [9.17, 15) is 5.26 Å². The van der Waals surface area contributed by atoms with Crippen LogP contribution in [0.3, 0.4) is 0 Å². The van der Waals surface area contributed by atoms with Crippen molar-refractivity contribution < 1.29 is 0 Å². The Morgan fingerprint density at radius 3 is 2.96 bits per heavy atom. The Morgan fingerprint density at radius 1 is 1.24 bits per heavy atom. The molecule has 0 aliphatic rings. The molecule has 122 valence electrons. The van der Waals surface area contributed by atoms with E-state index in [1.807, 2.05) is 17.6 Å². The standard InChI is InChI=1S/C17H13N7S/c18-9-12-3-1-5-21-17(12)24-11-13(10-22-24)23-15(14-4-2-8-25-14)16-19-6-7-20-16/h1-8,10-11,15,23H,(H,19,20)/t15-/m1/s1. The van der Waals surface area contributed by atoms with Crippen LogP contribution in [0.15, 0.2) is 60.6 Å². The number of nitrogens with one attached hydrogen (secondary N) is 2. The summed E-state index contributed by atoms with van der Waals surface area (Å²) in [5, 5.41) is 19.0. The highest BCUT2D eigenvalue weighted by Gasteiger charge is 2.18. The van der Waals surface area contributed by atoms with Crippen molar-refractivity contribution in [1.82, 2.24) is 24.7 Å². The lowest BCUT2D eigenvalue weighted by molar-refractivity contribution is 0.842. The third-order valence-electron chi connectivity index (χ3n) is 3.64. The first-order valence-corrected chi connectivity index (χ1v) is 8.42. The average Bonchev–Trinajstić information content (AvgIpc) is 3.42. The Kier molecular flexibility index (Phi) is 3.98. The third-order valence-corrected chi connectivity index (χ3v) is 4.58. The number of anilines is 1. The number of hydrogen-bond acceptors (Lipinski definition) is 6. The second-order valence-electron chi connectivity index (χ2n) is 5.23. The molecule has 0 spiro atoms. The zero-order chi connectivity index (χ0) is 17.1. The molecule has 0 bridgehead atoms. The fourth-order valence-corrected chi connectivity index (χ4v) is 3.29. The van der Waals surface area contributed by atoms with Crippen molar-refractivity contribution in [2.75, 3.05) is 5.32 Å². The Bertz CT molecular complexity index is 962. The van der Waals surface area contributed by atoms with E-state index in [2.05, 4.69) is 37.5 Å². The van der Waals surface area contributed by atoms with Gasteiger partial charge in [0.2, 0.25) is 0 Å². The van der Waals surface area contributed by atoms with E-state index >= 15 is 0 Å². The molecule has 0 aliphatic carbocycles. The number of thiophene rings is 1. The van der Waals surface area contributed by atoms with Gasteiger partial charge in [-0.1, -0.05) is 6.07 Å². The molecule has 4 heterocycles. The Hall–Kier alpha value is -3.44. The zero-order valence-electron chi connectivity index (χ0n) is 13.0. The first kappa shape index (κ1) is 15.1. The highest BCUT2D eigenvalue weighted by atomic mass is 32.1. The minimum atomic E-state index is -0.105. The number of imidazole rings is 1. The summed E-state index contributed by atoms with van der Waals surface area (Å²) < 4.78 is 1.59.